The number of carbonyl (C=O) groups excluding carboxylic acids is 1. The number of fused-ring (bicyclic) bond motifs is 1. The van der Waals surface area contributed by atoms with Crippen molar-refractivity contribution in [1.82, 2.24) is 19.9 Å². The van der Waals surface area contributed by atoms with Crippen molar-refractivity contribution in [1.29, 1.82) is 0 Å². The zero-order chi connectivity index (χ0) is 26.1. The van der Waals surface area contributed by atoms with Crippen LogP contribution in [0.4, 0.5) is 21.7 Å². The molecular formula is C28H29FN6O3. The fourth-order valence-corrected chi connectivity index (χ4v) is 4.79. The van der Waals surface area contributed by atoms with Crippen LogP contribution in [0.3, 0.4) is 0 Å². The molecule has 2 saturated heterocycles. The van der Waals surface area contributed by atoms with Gasteiger partial charge in [-0.05, 0) is 55.6 Å². The van der Waals surface area contributed by atoms with Crippen molar-refractivity contribution < 1.29 is 18.7 Å². The van der Waals surface area contributed by atoms with E-state index in [0.29, 0.717) is 47.2 Å². The van der Waals surface area contributed by atoms with Gasteiger partial charge in [-0.25, -0.2) is 4.39 Å². The molecule has 4 heterocycles. The number of nitrogens with zero attached hydrogens (tertiary/aromatic N) is 4. The molecule has 2 N–H and O–H groups in total. The Bertz CT molecular complexity index is 1430. The first-order valence-corrected chi connectivity index (χ1v) is 12.8. The van der Waals surface area contributed by atoms with E-state index in [2.05, 4.69) is 49.2 Å². The molecule has 0 bridgehead atoms. The molecule has 196 valence electrons. The third kappa shape index (κ3) is 5.05. The fourth-order valence-electron chi connectivity index (χ4n) is 4.79. The Balaban J connectivity index is 1.29. The van der Waals surface area contributed by atoms with Gasteiger partial charge < -0.3 is 29.6 Å². The lowest BCUT2D eigenvalue weighted by molar-refractivity contribution is 0.103. The predicted molar refractivity (Wildman–Crippen MR) is 143 cm³/mol. The highest BCUT2D eigenvalue weighted by atomic mass is 19.1. The van der Waals surface area contributed by atoms with Crippen LogP contribution < -0.4 is 15.0 Å². The number of benzene rings is 2. The maximum Gasteiger partial charge on any atom is 0.232 e. The first kappa shape index (κ1) is 24.3. The smallest absolute Gasteiger partial charge is 0.232 e. The van der Waals surface area contributed by atoms with E-state index in [4.69, 9.17) is 9.47 Å². The van der Waals surface area contributed by atoms with Gasteiger partial charge in [0.2, 0.25) is 11.8 Å². The molecule has 10 heteroatoms. The van der Waals surface area contributed by atoms with Crippen molar-refractivity contribution in [3.8, 4) is 5.88 Å². The first-order valence-electron chi connectivity index (χ1n) is 12.8. The van der Waals surface area contributed by atoms with Crippen LogP contribution in [0, 0.1) is 5.82 Å². The number of anilines is 3. The summed E-state index contributed by atoms with van der Waals surface area (Å²) in [5, 5.41) is 3.76. The van der Waals surface area contributed by atoms with Crippen LogP contribution in [0.1, 0.15) is 22.3 Å². The number of hydrogen-bond donors (Lipinski definition) is 2. The molecule has 4 aromatic rings. The van der Waals surface area contributed by atoms with Crippen LogP contribution in [0.15, 0.2) is 54.7 Å². The summed E-state index contributed by atoms with van der Waals surface area (Å²) in [6, 6.07) is 13.7. The van der Waals surface area contributed by atoms with Crippen LogP contribution in [-0.4, -0.2) is 78.2 Å². The molecule has 2 aromatic heterocycles. The van der Waals surface area contributed by atoms with Crippen LogP contribution in [0.5, 0.6) is 5.88 Å². The average Bonchev–Trinajstić information content (AvgIpc) is 3.60. The minimum absolute atomic E-state index is 0.174. The molecule has 0 aliphatic carbocycles. The number of likely N-dealkylation sites (N-methyl/N-ethyl adjacent to an activating group) is 1. The predicted octanol–water partition coefficient (Wildman–Crippen LogP) is 3.99. The van der Waals surface area contributed by atoms with Crippen LogP contribution in [0.25, 0.3) is 11.0 Å². The Kier molecular flexibility index (Phi) is 6.65. The molecule has 2 fully saturated rings. The summed E-state index contributed by atoms with van der Waals surface area (Å²) in [4.78, 5) is 30.3. The van der Waals surface area contributed by atoms with E-state index in [9.17, 15) is 9.18 Å². The number of aromatic nitrogens is 3. The first-order chi connectivity index (χ1) is 18.5. The van der Waals surface area contributed by atoms with Gasteiger partial charge >= 0.3 is 0 Å². The van der Waals surface area contributed by atoms with E-state index < -0.39 is 5.82 Å². The van der Waals surface area contributed by atoms with Gasteiger partial charge in [0.15, 0.2) is 5.78 Å². The maximum atomic E-state index is 13.4. The Hall–Kier alpha value is -4.02. The standard InChI is InChI=1S/C28H29FN6O3/c1-34-11-13-35(14-12-34)21-8-6-20(7-9-21)31-28-32-26-24(27(33-28)38-22-10-15-37-17-22)23(16-30-26)25(36)18-2-4-19(29)5-3-18/h2-9,16,22H,10-15,17H2,1H3,(H2,30,31,32,33)/t22-/m0/s1. The van der Waals surface area contributed by atoms with E-state index >= 15 is 0 Å². The lowest BCUT2D eigenvalue weighted by Crippen LogP contribution is -2.44. The Labute approximate surface area is 219 Å². The molecule has 2 aliphatic heterocycles. The molecule has 0 amide bonds. The van der Waals surface area contributed by atoms with Gasteiger partial charge in [-0.2, -0.15) is 9.97 Å². The summed E-state index contributed by atoms with van der Waals surface area (Å²) in [7, 11) is 2.14. The van der Waals surface area contributed by atoms with Gasteiger partial charge in [0.25, 0.3) is 0 Å². The molecule has 9 nitrogen and oxygen atoms in total. The van der Waals surface area contributed by atoms with E-state index in [1.807, 2.05) is 12.1 Å². The van der Waals surface area contributed by atoms with Gasteiger partial charge in [0, 0.05) is 55.7 Å². The average molecular weight is 517 g/mol. The van der Waals surface area contributed by atoms with E-state index in [1.54, 1.807) is 6.20 Å². The lowest BCUT2D eigenvalue weighted by atomic mass is 10.0. The maximum absolute atomic E-state index is 13.4. The molecule has 0 unspecified atom stereocenters. The van der Waals surface area contributed by atoms with Gasteiger partial charge in [-0.15, -0.1) is 0 Å². The molecule has 0 radical (unpaired) electrons. The summed E-state index contributed by atoms with van der Waals surface area (Å²) >= 11 is 0. The van der Waals surface area contributed by atoms with Crippen molar-refractivity contribution in [3.05, 3.63) is 71.7 Å². The summed E-state index contributed by atoms with van der Waals surface area (Å²) in [6.07, 6.45) is 2.15. The number of piperazine rings is 1. The highest BCUT2D eigenvalue weighted by molar-refractivity contribution is 6.17. The number of aromatic amines is 1. The van der Waals surface area contributed by atoms with Gasteiger partial charge in [-0.1, -0.05) is 0 Å². The molecule has 38 heavy (non-hydrogen) atoms. The van der Waals surface area contributed by atoms with Crippen molar-refractivity contribution in [2.24, 2.45) is 0 Å². The van der Waals surface area contributed by atoms with Crippen molar-refractivity contribution in [3.63, 3.8) is 0 Å². The summed E-state index contributed by atoms with van der Waals surface area (Å²) in [6.45, 7) is 5.15. The summed E-state index contributed by atoms with van der Waals surface area (Å²) < 4.78 is 25.1. The number of H-pyrrole nitrogens is 1. The number of carbonyl (C=O) groups is 1. The number of halogens is 1. The second kappa shape index (κ2) is 10.4. The van der Waals surface area contributed by atoms with Crippen LogP contribution in [0.2, 0.25) is 0 Å². The highest BCUT2D eigenvalue weighted by Crippen LogP contribution is 2.32. The number of hydrogen-bond acceptors (Lipinski definition) is 8. The number of ketones is 1. The minimum Gasteiger partial charge on any atom is -0.471 e. The van der Waals surface area contributed by atoms with Crippen molar-refractivity contribution >= 4 is 34.1 Å². The Morgan fingerprint density at radius 1 is 1.08 bits per heavy atom. The Morgan fingerprint density at radius 2 is 1.84 bits per heavy atom. The summed E-state index contributed by atoms with van der Waals surface area (Å²) in [5.74, 6) is -0.0240. The number of ether oxygens (including phenoxy) is 2. The normalized spacial score (nSPS) is 18.2. The quantitative estimate of drug-likeness (QED) is 0.356. The summed E-state index contributed by atoms with van der Waals surface area (Å²) in [5.41, 5.74) is 3.22. The zero-order valence-corrected chi connectivity index (χ0v) is 21.1. The molecule has 0 saturated carbocycles. The number of nitrogens with one attached hydrogen (secondary N) is 2. The minimum atomic E-state index is -0.402. The van der Waals surface area contributed by atoms with Gasteiger partial charge in [0.1, 0.15) is 17.6 Å². The fraction of sp³-hybridized carbons (Fsp3) is 0.321. The number of rotatable bonds is 7. The van der Waals surface area contributed by atoms with Crippen LogP contribution >= 0.6 is 0 Å². The second-order valence-corrected chi connectivity index (χ2v) is 9.68. The highest BCUT2D eigenvalue weighted by Gasteiger charge is 2.25. The topological polar surface area (TPSA) is 95.6 Å². The molecule has 2 aliphatic rings. The largest absolute Gasteiger partial charge is 0.471 e. The second-order valence-electron chi connectivity index (χ2n) is 9.68. The monoisotopic (exact) mass is 516 g/mol. The van der Waals surface area contributed by atoms with Crippen LogP contribution in [-0.2, 0) is 4.74 Å². The van der Waals surface area contributed by atoms with Gasteiger partial charge in [-0.3, -0.25) is 4.79 Å². The van der Waals surface area contributed by atoms with Crippen molar-refractivity contribution in [2.75, 3.05) is 56.7 Å². The Morgan fingerprint density at radius 3 is 2.55 bits per heavy atom. The lowest BCUT2D eigenvalue weighted by Gasteiger charge is -2.34. The van der Waals surface area contributed by atoms with Crippen molar-refractivity contribution in [2.45, 2.75) is 12.5 Å². The molecule has 6 rings (SSSR count). The molecule has 2 aromatic carbocycles. The third-order valence-electron chi connectivity index (χ3n) is 7.01. The van der Waals surface area contributed by atoms with Gasteiger partial charge in [0.05, 0.1) is 24.2 Å². The SMILES string of the molecule is CN1CCN(c2ccc(Nc3nc(O[C@H]4CCOC4)c4c(C(=O)c5ccc(F)cc5)c[nH]c4n3)cc2)CC1. The third-order valence-corrected chi connectivity index (χ3v) is 7.01. The molecular weight excluding hydrogens is 487 g/mol. The van der Waals surface area contributed by atoms with E-state index in [1.165, 1.54) is 30.0 Å². The van der Waals surface area contributed by atoms with E-state index in [-0.39, 0.29) is 11.9 Å². The molecule has 0 spiro atoms. The molecule has 1 atom stereocenters. The van der Waals surface area contributed by atoms with E-state index in [0.717, 1.165) is 38.3 Å². The zero-order valence-electron chi connectivity index (χ0n) is 21.1.